The van der Waals surface area contributed by atoms with E-state index in [-0.39, 0.29) is 256 Å². The molecule has 0 heterocycles. The van der Waals surface area contributed by atoms with Gasteiger partial charge >= 0.3 is 122 Å². The molecule has 0 spiro atoms. The third-order valence-corrected chi connectivity index (χ3v) is 25.8. The molecule has 6 atom stereocenters. The Hall–Kier alpha value is 3.74. The monoisotopic (exact) mass is 1970 g/mol. The quantitative estimate of drug-likeness (QED) is 0.184. The zero-order valence-corrected chi connectivity index (χ0v) is 90.8. The standard InChI is InChI=1S/C9H18.C8H16.4C7H14.5C6H12.3C5H10.4CH4.14CH3.6Fe.Ru/c1-3-8-6-5-7-9(8)4-2;1-3-8-6-4-5-7(8)2;1-6-4-3-5-7(6)2;3*1-2-7-5-3-4-6-7;5*1-6-4-2-3-5-6;3*1-2-4-5-3-1;;;;;;;;;;;;;;;;;;;;;;;;;/h8-9H,3-7H2,1-2H3;7-8H,3-6H2,1-2H3;6-7H,3-5H2,1-2H3;3*7H,2-6H2,1H3;5*6H,2-5H2,1H3;3*1-5H2;4*1H4;14*1H3;;;;;;;/q;;;;;;;;;;;;;;;;;;14*-1;7*+2. The molecule has 14 fully saturated rings. The molecule has 0 radical (unpaired) electrons. The summed E-state index contributed by atoms with van der Waals surface area (Å²) in [5.41, 5.74) is 0. The van der Waals surface area contributed by atoms with E-state index in [2.05, 4.69) is 96.9 Å². The van der Waals surface area contributed by atoms with Crippen LogP contribution in [0.15, 0.2) is 0 Å². The predicted octanol–water partition coefficient (Wildman–Crippen LogP) is 41.9. The van der Waals surface area contributed by atoms with E-state index in [1.807, 2.05) is 0 Å². The van der Waals surface area contributed by atoms with Crippen molar-refractivity contribution in [3.63, 3.8) is 0 Å². The first-order valence-corrected chi connectivity index (χ1v) is 43.8. The van der Waals surface area contributed by atoms with E-state index in [0.717, 1.165) is 82.9 Å². The Morgan fingerprint density at radius 3 is 0.365 bits per heavy atom. The van der Waals surface area contributed by atoms with Crippen LogP contribution in [0, 0.1) is 187 Å². The van der Waals surface area contributed by atoms with Crippen LogP contribution in [0.4, 0.5) is 0 Å². The summed E-state index contributed by atoms with van der Waals surface area (Å²) in [5.74, 6) is 14.8. The Morgan fingerprint density at radius 1 is 0.148 bits per heavy atom. The van der Waals surface area contributed by atoms with Gasteiger partial charge in [-0.3, -0.25) is 0 Å². The van der Waals surface area contributed by atoms with Gasteiger partial charge in [0.25, 0.3) is 0 Å². The van der Waals surface area contributed by atoms with Crippen molar-refractivity contribution >= 4 is 0 Å². The van der Waals surface area contributed by atoms with E-state index in [1.54, 1.807) is 0 Å². The molecule has 0 nitrogen and oxygen atoms in total. The van der Waals surface area contributed by atoms with Gasteiger partial charge in [0.05, 0.1) is 0 Å². The molecular formula is C108H238Fe6Ru. The molecule has 14 rings (SSSR count). The Kier molecular flexibility index (Phi) is 225. The van der Waals surface area contributed by atoms with Gasteiger partial charge in [0.2, 0.25) is 0 Å². The zero-order valence-electron chi connectivity index (χ0n) is 82.4. The zero-order chi connectivity index (χ0) is 65.9. The molecule has 0 N–H and O–H groups in total. The van der Waals surface area contributed by atoms with Gasteiger partial charge < -0.3 is 104 Å². The molecule has 14 aliphatic carbocycles. The topological polar surface area (TPSA) is 0 Å². The van der Waals surface area contributed by atoms with Crippen LogP contribution in [0.1, 0.15) is 525 Å². The van der Waals surface area contributed by atoms with E-state index in [1.165, 1.54) is 398 Å². The Balaban J connectivity index is -0.0000000325. The van der Waals surface area contributed by atoms with Crippen molar-refractivity contribution < 1.29 is 122 Å². The van der Waals surface area contributed by atoms with E-state index in [4.69, 9.17) is 0 Å². The van der Waals surface area contributed by atoms with Crippen LogP contribution in [-0.2, 0) is 122 Å². The summed E-state index contributed by atoms with van der Waals surface area (Å²) in [5, 5.41) is 0. The molecule has 0 aromatic heterocycles. The maximum atomic E-state index is 2.39. The Labute approximate surface area is 825 Å². The Morgan fingerprint density at radius 2 is 0.278 bits per heavy atom. The van der Waals surface area contributed by atoms with Crippen LogP contribution in [0.3, 0.4) is 0 Å². The molecule has 0 amide bonds. The molecule has 14 saturated carbocycles. The number of rotatable bonds is 6. The van der Waals surface area contributed by atoms with Gasteiger partial charge in [0.15, 0.2) is 0 Å². The fraction of sp³-hybridized carbons (Fsp3) is 0.870. The minimum Gasteiger partial charge on any atom is -0.358 e. The molecule has 0 aromatic rings. The van der Waals surface area contributed by atoms with Crippen LogP contribution in [0.5, 0.6) is 0 Å². The Bertz CT molecular complexity index is 1190. The largest absolute Gasteiger partial charge is 2.00 e. The van der Waals surface area contributed by atoms with Crippen LogP contribution < -0.4 is 0 Å². The van der Waals surface area contributed by atoms with Crippen molar-refractivity contribution in [3.8, 4) is 0 Å². The molecule has 14 aliphatic rings. The summed E-state index contributed by atoms with van der Waals surface area (Å²) in [6.07, 6.45) is 92.2. The van der Waals surface area contributed by atoms with Crippen LogP contribution in [0.25, 0.3) is 0 Å². The molecule has 7 heteroatoms. The van der Waals surface area contributed by atoms with Crippen LogP contribution in [0.2, 0.25) is 0 Å². The summed E-state index contributed by atoms with van der Waals surface area (Å²) in [4.78, 5) is 0. The van der Waals surface area contributed by atoms with Crippen molar-refractivity contribution in [2.24, 2.45) is 82.9 Å². The second kappa shape index (κ2) is 138. The fourth-order valence-corrected chi connectivity index (χ4v) is 17.9. The molecular weight excluding hydrogens is 1730 g/mol. The first-order chi connectivity index (χ1) is 43.8. The fourth-order valence-electron chi connectivity index (χ4n) is 17.9. The maximum absolute atomic E-state index is 2.39. The average molecular weight is 1970 g/mol. The smallest absolute Gasteiger partial charge is 0.358 e. The van der Waals surface area contributed by atoms with Crippen LogP contribution in [-0.4, -0.2) is 0 Å². The van der Waals surface area contributed by atoms with Gasteiger partial charge in [0, 0.05) is 0 Å². The second-order valence-corrected chi connectivity index (χ2v) is 34.2. The van der Waals surface area contributed by atoms with Gasteiger partial charge in [-0.1, -0.05) is 525 Å². The van der Waals surface area contributed by atoms with E-state index in [9.17, 15) is 0 Å². The third-order valence-electron chi connectivity index (χ3n) is 25.8. The molecule has 6 unspecified atom stereocenters. The number of hydrogen-bond acceptors (Lipinski definition) is 0. The number of hydrogen-bond donors (Lipinski definition) is 0. The van der Waals surface area contributed by atoms with E-state index in [0.29, 0.717) is 0 Å². The SMILES string of the molecule is C.C.C.C.C1CCCC1.C1CCCC1.C1CCCC1.CC1CCCC1.CC1CCCC1.CC1CCCC1.CC1CCCC1.CC1CCCC1.CC1CCCC1C.CCC1CCCC1.CCC1CCCC1.CCC1CCCC1.CCC1CCCC1C.CCC1CCCC1CC.[CH3-].[CH3-].[CH3-].[CH3-].[CH3-].[CH3-].[CH3-].[CH3-].[CH3-].[CH3-].[CH3-].[CH3-].[CH3-].[CH3-].[Fe+2].[Fe+2].[Fe+2].[Fe+2].[Fe+2].[Fe+2].[Ru+2]. The van der Waals surface area contributed by atoms with Crippen molar-refractivity contribution in [1.29, 1.82) is 0 Å². The second-order valence-electron chi connectivity index (χ2n) is 34.2. The summed E-state index contributed by atoms with van der Waals surface area (Å²) >= 11 is 0. The summed E-state index contributed by atoms with van der Waals surface area (Å²) in [6.45, 7) is 32.7. The minimum atomic E-state index is 0. The van der Waals surface area contributed by atoms with Crippen LogP contribution >= 0.6 is 0 Å². The van der Waals surface area contributed by atoms with Gasteiger partial charge in [-0.25, -0.2) is 0 Å². The van der Waals surface area contributed by atoms with Gasteiger partial charge in [-0.15, -0.1) is 0 Å². The first kappa shape index (κ1) is 187. The third kappa shape index (κ3) is 116. The van der Waals surface area contributed by atoms with Gasteiger partial charge in [-0.2, -0.15) is 0 Å². The van der Waals surface area contributed by atoms with Crippen molar-refractivity contribution in [1.82, 2.24) is 0 Å². The van der Waals surface area contributed by atoms with Crippen molar-refractivity contribution in [2.45, 2.75) is 525 Å². The molecule has 0 aromatic carbocycles. The first-order valence-electron chi connectivity index (χ1n) is 43.8. The summed E-state index contributed by atoms with van der Waals surface area (Å²) < 4.78 is 0. The van der Waals surface area contributed by atoms with E-state index >= 15 is 0 Å². The molecule has 0 saturated heterocycles. The summed E-state index contributed by atoms with van der Waals surface area (Å²) in [7, 11) is 0. The van der Waals surface area contributed by atoms with Gasteiger partial charge in [0.1, 0.15) is 0 Å². The minimum absolute atomic E-state index is 0. The molecule has 726 valence electrons. The van der Waals surface area contributed by atoms with Crippen molar-refractivity contribution in [2.75, 3.05) is 0 Å². The summed E-state index contributed by atoms with van der Waals surface area (Å²) in [6, 6.07) is 0. The normalized spacial score (nSPS) is 22.1. The van der Waals surface area contributed by atoms with Gasteiger partial charge in [-0.05, 0) is 82.9 Å². The molecule has 0 bridgehead atoms. The predicted molar refractivity (Wildman–Crippen MR) is 531 cm³/mol. The molecule has 0 aliphatic heterocycles. The van der Waals surface area contributed by atoms with Crippen molar-refractivity contribution in [3.05, 3.63) is 104 Å². The average Bonchev–Trinajstić information content (AvgIpc) is 1.79. The van der Waals surface area contributed by atoms with E-state index < -0.39 is 0 Å². The maximum Gasteiger partial charge on any atom is 2.00 e. The molecule has 115 heavy (non-hydrogen) atoms.